The van der Waals surface area contributed by atoms with Gasteiger partial charge in [0, 0.05) is 30.2 Å². The van der Waals surface area contributed by atoms with Crippen molar-refractivity contribution < 1.29 is 19.2 Å². The average molecular weight is 304 g/mol. The highest BCUT2D eigenvalue weighted by atomic mass is 16.6. The first-order valence-electron chi connectivity index (χ1n) is 6.74. The van der Waals surface area contributed by atoms with Gasteiger partial charge < -0.3 is 14.8 Å². The molecule has 1 aromatic heterocycles. The number of hydrogen-bond acceptors (Lipinski definition) is 5. The predicted molar refractivity (Wildman–Crippen MR) is 78.3 cm³/mol. The average Bonchev–Trinajstić information content (AvgIpc) is 3.01. The van der Waals surface area contributed by atoms with Crippen LogP contribution in [0.2, 0.25) is 0 Å². The molecule has 2 rings (SSSR count). The molecule has 1 amide bonds. The van der Waals surface area contributed by atoms with Crippen LogP contribution in [0.4, 0.5) is 5.69 Å². The van der Waals surface area contributed by atoms with Gasteiger partial charge in [-0.3, -0.25) is 14.9 Å². The quantitative estimate of drug-likeness (QED) is 0.629. The second-order valence-electron chi connectivity index (χ2n) is 4.95. The summed E-state index contributed by atoms with van der Waals surface area (Å²) in [5.41, 5.74) is 0.253. The number of amides is 1. The Morgan fingerprint density at radius 3 is 2.59 bits per heavy atom. The van der Waals surface area contributed by atoms with Gasteiger partial charge in [-0.1, -0.05) is 0 Å². The number of carbonyl (C=O) groups is 1. The van der Waals surface area contributed by atoms with Crippen molar-refractivity contribution in [1.82, 2.24) is 5.32 Å². The lowest BCUT2D eigenvalue weighted by Crippen LogP contribution is -2.33. The summed E-state index contributed by atoms with van der Waals surface area (Å²) in [6.45, 7) is 1.76. The third kappa shape index (κ3) is 3.92. The van der Waals surface area contributed by atoms with Gasteiger partial charge in [-0.2, -0.15) is 0 Å². The van der Waals surface area contributed by atoms with Crippen LogP contribution >= 0.6 is 0 Å². The second kappa shape index (κ2) is 6.86. The summed E-state index contributed by atoms with van der Waals surface area (Å²) in [7, 11) is 0. The van der Waals surface area contributed by atoms with Crippen molar-refractivity contribution in [3.8, 4) is 0 Å². The Kier molecular flexibility index (Phi) is 4.90. The molecule has 0 aliphatic carbocycles. The van der Waals surface area contributed by atoms with Crippen molar-refractivity contribution in [2.45, 2.75) is 25.5 Å². The number of nitro benzene ring substituents is 1. The van der Waals surface area contributed by atoms with Gasteiger partial charge in [-0.15, -0.1) is 0 Å². The van der Waals surface area contributed by atoms with Crippen molar-refractivity contribution in [3.05, 3.63) is 64.1 Å². The van der Waals surface area contributed by atoms with Gasteiger partial charge in [-0.05, 0) is 31.2 Å². The normalized spacial score (nSPS) is 13.4. The minimum Gasteiger partial charge on any atom is -0.467 e. The lowest BCUT2D eigenvalue weighted by Gasteiger charge is -2.16. The number of carbonyl (C=O) groups excluding carboxylic acids is 1. The van der Waals surface area contributed by atoms with E-state index in [4.69, 9.17) is 4.42 Å². The van der Waals surface area contributed by atoms with E-state index in [1.165, 1.54) is 30.5 Å². The van der Waals surface area contributed by atoms with Gasteiger partial charge in [0.2, 0.25) is 0 Å². The molecule has 1 heterocycles. The molecule has 0 bridgehead atoms. The summed E-state index contributed by atoms with van der Waals surface area (Å²) in [6, 6.07) is 8.39. The summed E-state index contributed by atoms with van der Waals surface area (Å²) in [6.07, 6.45) is 0.965. The molecule has 0 saturated heterocycles. The Balaban J connectivity index is 1.92. The Labute approximate surface area is 126 Å². The van der Waals surface area contributed by atoms with Crippen molar-refractivity contribution in [2.24, 2.45) is 0 Å². The molecule has 0 aliphatic heterocycles. The number of nitrogens with zero attached hydrogens (tertiary/aromatic N) is 1. The topological polar surface area (TPSA) is 106 Å². The van der Waals surface area contributed by atoms with Gasteiger partial charge in [-0.25, -0.2) is 0 Å². The van der Waals surface area contributed by atoms with Crippen LogP contribution in [0.5, 0.6) is 0 Å². The van der Waals surface area contributed by atoms with E-state index in [1.807, 2.05) is 0 Å². The highest BCUT2D eigenvalue weighted by Gasteiger charge is 2.17. The minimum atomic E-state index is -0.804. The Morgan fingerprint density at radius 1 is 1.36 bits per heavy atom. The molecule has 116 valence electrons. The van der Waals surface area contributed by atoms with Crippen molar-refractivity contribution in [3.63, 3.8) is 0 Å². The van der Waals surface area contributed by atoms with Crippen LogP contribution in [-0.2, 0) is 0 Å². The van der Waals surface area contributed by atoms with Crippen LogP contribution in [0.1, 0.15) is 35.6 Å². The first-order chi connectivity index (χ1) is 10.5. The molecule has 7 heteroatoms. The molecule has 22 heavy (non-hydrogen) atoms. The summed E-state index contributed by atoms with van der Waals surface area (Å²) in [5, 5.41) is 23.2. The van der Waals surface area contributed by atoms with Crippen LogP contribution in [0, 0.1) is 10.1 Å². The molecule has 2 N–H and O–H groups in total. The van der Waals surface area contributed by atoms with E-state index in [-0.39, 0.29) is 17.6 Å². The first-order valence-corrected chi connectivity index (χ1v) is 6.74. The number of nitrogens with one attached hydrogen (secondary N) is 1. The lowest BCUT2D eigenvalue weighted by atomic mass is 10.1. The standard InChI is InChI=1S/C15H16N2O5/c1-10(9-13(18)14-3-2-8-22-14)16-15(19)11-4-6-12(7-5-11)17(20)21/h2-8,10,13,18H,9H2,1H3,(H,16,19). The lowest BCUT2D eigenvalue weighted by molar-refractivity contribution is -0.384. The molecular formula is C15H16N2O5. The van der Waals surface area contributed by atoms with Crippen LogP contribution in [0.3, 0.4) is 0 Å². The van der Waals surface area contributed by atoms with Crippen LogP contribution < -0.4 is 5.32 Å². The third-order valence-electron chi connectivity index (χ3n) is 3.17. The number of benzene rings is 1. The molecule has 2 aromatic rings. The third-order valence-corrected chi connectivity index (χ3v) is 3.17. The molecule has 0 radical (unpaired) electrons. The molecule has 2 unspecified atom stereocenters. The van der Waals surface area contributed by atoms with E-state index in [0.717, 1.165) is 0 Å². The monoisotopic (exact) mass is 304 g/mol. The summed E-state index contributed by atoms with van der Waals surface area (Å²) in [4.78, 5) is 22.1. The maximum Gasteiger partial charge on any atom is 0.269 e. The predicted octanol–water partition coefficient (Wildman–Crippen LogP) is 2.43. The molecule has 0 spiro atoms. The number of hydrogen-bond donors (Lipinski definition) is 2. The number of aliphatic hydroxyl groups excluding tert-OH is 1. The number of nitro groups is 1. The van der Waals surface area contributed by atoms with E-state index >= 15 is 0 Å². The van der Waals surface area contributed by atoms with Gasteiger partial charge in [0.1, 0.15) is 11.9 Å². The number of furan rings is 1. The van der Waals surface area contributed by atoms with Gasteiger partial charge >= 0.3 is 0 Å². The fourth-order valence-corrected chi connectivity index (χ4v) is 2.03. The minimum absolute atomic E-state index is 0.0714. The Hall–Kier alpha value is -2.67. The van der Waals surface area contributed by atoms with Gasteiger partial charge in [0.15, 0.2) is 0 Å². The maximum atomic E-state index is 12.0. The van der Waals surface area contributed by atoms with Crippen molar-refractivity contribution in [1.29, 1.82) is 0 Å². The van der Waals surface area contributed by atoms with E-state index < -0.39 is 11.0 Å². The fourth-order valence-electron chi connectivity index (χ4n) is 2.03. The summed E-state index contributed by atoms with van der Waals surface area (Å²) in [5.74, 6) is 0.0884. The second-order valence-corrected chi connectivity index (χ2v) is 4.95. The number of rotatable bonds is 6. The zero-order valence-corrected chi connectivity index (χ0v) is 11.9. The van der Waals surface area contributed by atoms with E-state index in [1.54, 1.807) is 19.1 Å². The van der Waals surface area contributed by atoms with Crippen LogP contribution in [0.25, 0.3) is 0 Å². The molecule has 2 atom stereocenters. The first kappa shape index (κ1) is 15.7. The zero-order valence-electron chi connectivity index (χ0n) is 11.9. The highest BCUT2D eigenvalue weighted by molar-refractivity contribution is 5.94. The molecule has 0 fully saturated rings. The highest BCUT2D eigenvalue weighted by Crippen LogP contribution is 2.19. The number of aliphatic hydroxyl groups is 1. The molecular weight excluding hydrogens is 288 g/mol. The summed E-state index contributed by atoms with van der Waals surface area (Å²) >= 11 is 0. The van der Waals surface area contributed by atoms with Crippen molar-refractivity contribution in [2.75, 3.05) is 0 Å². The SMILES string of the molecule is CC(CC(O)c1ccco1)NC(=O)c1ccc([N+](=O)[O-])cc1. The van der Waals surface area contributed by atoms with E-state index in [2.05, 4.69) is 5.32 Å². The fraction of sp³-hybridized carbons (Fsp3) is 0.267. The van der Waals surface area contributed by atoms with E-state index in [9.17, 15) is 20.0 Å². The summed E-state index contributed by atoms with van der Waals surface area (Å²) < 4.78 is 5.09. The van der Waals surface area contributed by atoms with Gasteiger partial charge in [0.05, 0.1) is 11.2 Å². The van der Waals surface area contributed by atoms with Gasteiger partial charge in [0.25, 0.3) is 11.6 Å². The van der Waals surface area contributed by atoms with E-state index in [0.29, 0.717) is 17.7 Å². The number of non-ortho nitro benzene ring substituents is 1. The van der Waals surface area contributed by atoms with Crippen LogP contribution in [0.15, 0.2) is 47.1 Å². The Bertz CT molecular complexity index is 636. The smallest absolute Gasteiger partial charge is 0.269 e. The molecule has 0 saturated carbocycles. The largest absolute Gasteiger partial charge is 0.467 e. The zero-order chi connectivity index (χ0) is 16.1. The maximum absolute atomic E-state index is 12.0. The Morgan fingerprint density at radius 2 is 2.05 bits per heavy atom. The molecule has 1 aromatic carbocycles. The van der Waals surface area contributed by atoms with Crippen molar-refractivity contribution >= 4 is 11.6 Å². The van der Waals surface area contributed by atoms with Crippen LogP contribution in [-0.4, -0.2) is 22.0 Å². The molecule has 7 nitrogen and oxygen atoms in total. The molecule has 0 aliphatic rings.